The molecule has 2 aliphatic heterocycles. The van der Waals surface area contributed by atoms with Gasteiger partial charge in [-0.15, -0.1) is 0 Å². The van der Waals surface area contributed by atoms with E-state index in [1.165, 1.54) is 83.9 Å². The van der Waals surface area contributed by atoms with Crippen molar-refractivity contribution in [2.75, 3.05) is 9.80 Å². The van der Waals surface area contributed by atoms with Crippen molar-refractivity contribution in [3.63, 3.8) is 0 Å². The molecule has 54 heavy (non-hydrogen) atoms. The Kier molecular flexibility index (Phi) is 8.73. The first-order valence-corrected chi connectivity index (χ1v) is 20.1. The molecule has 0 N–H and O–H groups in total. The van der Waals surface area contributed by atoms with E-state index >= 15 is 0 Å². The highest BCUT2D eigenvalue weighted by atomic mass is 15.2. The summed E-state index contributed by atoms with van der Waals surface area (Å²) in [6, 6.07) is 36.2. The number of aryl methyl sites for hydroxylation is 1. The lowest BCUT2D eigenvalue weighted by Crippen LogP contribution is -2.61. The number of anilines is 6. The smallest absolute Gasteiger partial charge is 0.252 e. The molecule has 0 spiro atoms. The molecule has 280 valence electrons. The number of nitrogens with zero attached hydrogens (tertiary/aromatic N) is 2. The molecule has 0 fully saturated rings. The molecular formula is C51H63BN2. The van der Waals surface area contributed by atoms with Gasteiger partial charge in [0, 0.05) is 34.1 Å². The maximum absolute atomic E-state index is 2.62. The topological polar surface area (TPSA) is 6.48 Å². The van der Waals surface area contributed by atoms with Gasteiger partial charge in [-0.25, -0.2) is 0 Å². The van der Waals surface area contributed by atoms with E-state index in [-0.39, 0.29) is 33.8 Å². The van der Waals surface area contributed by atoms with Gasteiger partial charge in [0.25, 0.3) is 6.71 Å². The molecule has 0 saturated carbocycles. The minimum Gasteiger partial charge on any atom is -0.311 e. The SMILES string of the molecule is Cc1cc2c3c(c1)N(c1cc(C(C)(C)C)cc(C(C)(C)C)c1)c1cc(C(C)(C)C)ccc1B3c1cc(C(C)(C)C)ccc1N2c1ccc(C(C)(C)C)cc1. The highest BCUT2D eigenvalue weighted by molar-refractivity contribution is 7.00. The summed E-state index contributed by atoms with van der Waals surface area (Å²) in [6.07, 6.45) is 0. The van der Waals surface area contributed by atoms with Gasteiger partial charge in [-0.05, 0) is 132 Å². The van der Waals surface area contributed by atoms with Gasteiger partial charge in [-0.3, -0.25) is 0 Å². The Morgan fingerprint density at radius 1 is 0.352 bits per heavy atom. The number of hydrogen-bond donors (Lipinski definition) is 0. The van der Waals surface area contributed by atoms with Crippen molar-refractivity contribution in [1.82, 2.24) is 0 Å². The molecule has 3 heteroatoms. The fourth-order valence-corrected chi connectivity index (χ4v) is 8.34. The third-order valence-electron chi connectivity index (χ3n) is 11.8. The van der Waals surface area contributed by atoms with Crippen molar-refractivity contribution >= 4 is 57.2 Å². The summed E-state index contributed by atoms with van der Waals surface area (Å²) >= 11 is 0. The van der Waals surface area contributed by atoms with Crippen LogP contribution in [0.15, 0.2) is 91.0 Å². The largest absolute Gasteiger partial charge is 0.311 e. The van der Waals surface area contributed by atoms with Crippen molar-refractivity contribution in [2.45, 2.75) is 138 Å². The Balaban J connectivity index is 1.61. The number of benzene rings is 5. The normalized spacial score (nSPS) is 14.6. The number of fused-ring (bicyclic) bond motifs is 4. The van der Waals surface area contributed by atoms with Crippen LogP contribution in [0.4, 0.5) is 34.1 Å². The summed E-state index contributed by atoms with van der Waals surface area (Å²) in [4.78, 5) is 5.17. The minimum atomic E-state index is -0.00519. The Labute approximate surface area is 328 Å². The van der Waals surface area contributed by atoms with Crippen LogP contribution in [0.5, 0.6) is 0 Å². The Morgan fingerprint density at radius 2 is 0.796 bits per heavy atom. The second-order valence-electron chi connectivity index (χ2n) is 21.4. The summed E-state index contributed by atoms with van der Waals surface area (Å²) in [6.45, 7) is 37.3. The fraction of sp³-hybridized carbons (Fsp3) is 0.412. The van der Waals surface area contributed by atoms with Crippen LogP contribution in [0.1, 0.15) is 137 Å². The second kappa shape index (κ2) is 12.4. The van der Waals surface area contributed by atoms with Crippen molar-refractivity contribution in [3.05, 3.63) is 124 Å². The predicted molar refractivity (Wildman–Crippen MR) is 239 cm³/mol. The number of rotatable bonds is 2. The van der Waals surface area contributed by atoms with Crippen molar-refractivity contribution in [3.8, 4) is 0 Å². The summed E-state index contributed by atoms with van der Waals surface area (Å²) in [7, 11) is 0. The van der Waals surface area contributed by atoms with Gasteiger partial charge in [0.2, 0.25) is 0 Å². The van der Waals surface area contributed by atoms with Crippen molar-refractivity contribution < 1.29 is 0 Å². The van der Waals surface area contributed by atoms with Crippen LogP contribution < -0.4 is 26.2 Å². The van der Waals surface area contributed by atoms with E-state index in [0.29, 0.717) is 0 Å². The van der Waals surface area contributed by atoms with E-state index in [2.05, 4.69) is 212 Å². The summed E-state index contributed by atoms with van der Waals surface area (Å²) in [5, 5.41) is 0. The van der Waals surface area contributed by atoms with Gasteiger partial charge in [0.15, 0.2) is 0 Å². The molecule has 7 rings (SSSR count). The predicted octanol–water partition coefficient (Wildman–Crippen LogP) is 12.6. The zero-order chi connectivity index (χ0) is 39.5. The average molecular weight is 715 g/mol. The minimum absolute atomic E-state index is 0.00244. The molecule has 2 aliphatic rings. The standard InChI is InChI=1S/C51H63BN2/c1-32-25-44-46-45(26-32)54(39-28-36(50(11,12)13)27-37(29-39)51(14,15)16)43-31-35(49(8,9)10)19-23-40(43)52(46)41-30-34(48(5,6)7)20-24-42(41)53(44)38-21-17-33(18-22-38)47(2,3)4/h17-31H,1-16H3. The maximum atomic E-state index is 2.62. The third kappa shape index (κ3) is 6.60. The Bertz CT molecular complexity index is 2220. The van der Waals surface area contributed by atoms with E-state index in [1.54, 1.807) is 0 Å². The van der Waals surface area contributed by atoms with Gasteiger partial charge in [0.05, 0.1) is 0 Å². The van der Waals surface area contributed by atoms with Gasteiger partial charge in [0.1, 0.15) is 0 Å². The molecule has 2 heterocycles. The van der Waals surface area contributed by atoms with Gasteiger partial charge in [-0.2, -0.15) is 0 Å². The van der Waals surface area contributed by atoms with Crippen LogP contribution in [0, 0.1) is 6.92 Å². The average Bonchev–Trinajstić information content (AvgIpc) is 3.05. The third-order valence-corrected chi connectivity index (χ3v) is 11.8. The second-order valence-corrected chi connectivity index (χ2v) is 21.4. The zero-order valence-corrected chi connectivity index (χ0v) is 36.1. The van der Waals surface area contributed by atoms with Crippen LogP contribution >= 0.6 is 0 Å². The lowest BCUT2D eigenvalue weighted by atomic mass is 9.33. The molecular weight excluding hydrogens is 651 g/mol. The summed E-state index contributed by atoms with van der Waals surface area (Å²) in [5.74, 6) is 0. The first-order chi connectivity index (χ1) is 24.8. The lowest BCUT2D eigenvalue weighted by Gasteiger charge is -2.45. The fourth-order valence-electron chi connectivity index (χ4n) is 8.34. The molecule has 0 radical (unpaired) electrons. The zero-order valence-electron chi connectivity index (χ0n) is 36.1. The highest BCUT2D eigenvalue weighted by Gasteiger charge is 2.44. The highest BCUT2D eigenvalue weighted by Crippen LogP contribution is 2.47. The van der Waals surface area contributed by atoms with Gasteiger partial charge < -0.3 is 9.80 Å². The molecule has 0 amide bonds. The first kappa shape index (κ1) is 38.1. The molecule has 0 saturated heterocycles. The first-order valence-electron chi connectivity index (χ1n) is 20.1. The molecule has 5 aromatic carbocycles. The molecule has 0 atom stereocenters. The van der Waals surface area contributed by atoms with Gasteiger partial charge in [-0.1, -0.05) is 146 Å². The van der Waals surface area contributed by atoms with Crippen molar-refractivity contribution in [1.29, 1.82) is 0 Å². The van der Waals surface area contributed by atoms with E-state index in [4.69, 9.17) is 0 Å². The maximum Gasteiger partial charge on any atom is 0.252 e. The van der Waals surface area contributed by atoms with Crippen molar-refractivity contribution in [2.24, 2.45) is 0 Å². The lowest BCUT2D eigenvalue weighted by molar-refractivity contribution is 0.568. The molecule has 2 nitrogen and oxygen atoms in total. The Morgan fingerprint density at radius 3 is 1.30 bits per heavy atom. The van der Waals surface area contributed by atoms with Crippen LogP contribution in [0.25, 0.3) is 0 Å². The van der Waals surface area contributed by atoms with E-state index < -0.39 is 0 Å². The Hall–Kier alpha value is -4.24. The molecule has 0 unspecified atom stereocenters. The molecule has 0 aliphatic carbocycles. The molecule has 0 bridgehead atoms. The van der Waals surface area contributed by atoms with Crippen LogP contribution in [-0.2, 0) is 27.1 Å². The van der Waals surface area contributed by atoms with Crippen LogP contribution in [0.2, 0.25) is 0 Å². The van der Waals surface area contributed by atoms with Gasteiger partial charge >= 0.3 is 0 Å². The summed E-state index contributed by atoms with van der Waals surface area (Å²) < 4.78 is 0. The van der Waals surface area contributed by atoms with E-state index in [9.17, 15) is 0 Å². The summed E-state index contributed by atoms with van der Waals surface area (Å²) in [5.41, 5.74) is 19.8. The number of hydrogen-bond acceptors (Lipinski definition) is 2. The van der Waals surface area contributed by atoms with E-state index in [0.717, 1.165) is 0 Å². The quantitative estimate of drug-likeness (QED) is 0.165. The van der Waals surface area contributed by atoms with Crippen LogP contribution in [-0.4, -0.2) is 6.71 Å². The monoisotopic (exact) mass is 715 g/mol. The molecule has 5 aromatic rings. The van der Waals surface area contributed by atoms with E-state index in [1.807, 2.05) is 0 Å². The van der Waals surface area contributed by atoms with Crippen LogP contribution in [0.3, 0.4) is 0 Å². The molecule has 0 aromatic heterocycles.